The molecule has 2 rings (SSSR count). The van der Waals surface area contributed by atoms with Gasteiger partial charge in [-0.05, 0) is 36.8 Å². The third kappa shape index (κ3) is 2.60. The van der Waals surface area contributed by atoms with Crippen molar-refractivity contribution < 1.29 is 19.1 Å². The topological polar surface area (TPSA) is 59.7 Å². The predicted molar refractivity (Wildman–Crippen MR) is 61.9 cm³/mol. The number of hydrogen-bond donors (Lipinski definition) is 1. The zero-order chi connectivity index (χ0) is 12.4. The molecule has 88 valence electrons. The van der Waals surface area contributed by atoms with Crippen LogP contribution >= 0.6 is 11.6 Å². The Bertz CT molecular complexity index is 559. The zero-order valence-corrected chi connectivity index (χ0v) is 9.69. The number of hydrogen-bond acceptors (Lipinski definition) is 3. The highest BCUT2D eigenvalue weighted by molar-refractivity contribution is 6.31. The first-order valence-electron chi connectivity index (χ1n) is 4.83. The summed E-state index contributed by atoms with van der Waals surface area (Å²) < 4.78 is 10.3. The summed E-state index contributed by atoms with van der Waals surface area (Å²) in [5.41, 5.74) is 0.870. The van der Waals surface area contributed by atoms with Crippen LogP contribution in [0.25, 0.3) is 0 Å². The van der Waals surface area contributed by atoms with Gasteiger partial charge in [0.05, 0.1) is 0 Å². The van der Waals surface area contributed by atoms with E-state index in [-0.39, 0.29) is 11.7 Å². The van der Waals surface area contributed by atoms with E-state index < -0.39 is 5.97 Å². The number of carboxylic acid groups (broad SMARTS) is 1. The molecule has 0 aliphatic carbocycles. The lowest BCUT2D eigenvalue weighted by Crippen LogP contribution is -1.91. The predicted octanol–water partition coefficient (Wildman–Crippen LogP) is 3.73. The molecule has 2 aromatic rings. The van der Waals surface area contributed by atoms with Crippen molar-refractivity contribution in [2.75, 3.05) is 0 Å². The van der Waals surface area contributed by atoms with Crippen molar-refractivity contribution in [3.63, 3.8) is 0 Å². The van der Waals surface area contributed by atoms with Gasteiger partial charge in [0.2, 0.25) is 5.76 Å². The summed E-state index contributed by atoms with van der Waals surface area (Å²) in [4.78, 5) is 10.6. The fourth-order valence-electron chi connectivity index (χ4n) is 1.29. The number of benzene rings is 1. The van der Waals surface area contributed by atoms with Gasteiger partial charge in [0.25, 0.3) is 5.95 Å². The molecule has 0 amide bonds. The van der Waals surface area contributed by atoms with Gasteiger partial charge in [-0.15, -0.1) is 0 Å². The van der Waals surface area contributed by atoms with E-state index in [1.54, 1.807) is 18.2 Å². The molecule has 0 aliphatic heterocycles. The number of carboxylic acids is 1. The molecule has 0 unspecified atom stereocenters. The van der Waals surface area contributed by atoms with Gasteiger partial charge in [0, 0.05) is 11.1 Å². The van der Waals surface area contributed by atoms with Gasteiger partial charge in [-0.2, -0.15) is 0 Å². The van der Waals surface area contributed by atoms with E-state index in [9.17, 15) is 4.79 Å². The van der Waals surface area contributed by atoms with Crippen LogP contribution in [0.15, 0.2) is 34.7 Å². The Hall–Kier alpha value is -1.94. The lowest BCUT2D eigenvalue weighted by Gasteiger charge is -2.03. The van der Waals surface area contributed by atoms with E-state index >= 15 is 0 Å². The Labute approximate surface area is 102 Å². The highest BCUT2D eigenvalue weighted by Crippen LogP contribution is 2.27. The quantitative estimate of drug-likeness (QED) is 0.904. The molecular weight excluding hydrogens is 244 g/mol. The first kappa shape index (κ1) is 11.5. The standard InChI is InChI=1S/C12H9ClO4/c1-7-6-8(2-3-9(7)13)16-11-5-4-10(17-11)12(14)15/h2-6H,1H3,(H,14,15). The monoisotopic (exact) mass is 252 g/mol. The minimum Gasteiger partial charge on any atom is -0.475 e. The summed E-state index contributed by atoms with van der Waals surface area (Å²) in [6, 6.07) is 7.91. The van der Waals surface area contributed by atoms with Crippen molar-refractivity contribution >= 4 is 17.6 Å². The zero-order valence-electron chi connectivity index (χ0n) is 8.94. The molecule has 0 saturated heterocycles. The maximum absolute atomic E-state index is 10.6. The van der Waals surface area contributed by atoms with E-state index in [1.807, 2.05) is 6.92 Å². The molecule has 1 aromatic carbocycles. The Balaban J connectivity index is 2.19. The van der Waals surface area contributed by atoms with E-state index in [1.165, 1.54) is 12.1 Å². The van der Waals surface area contributed by atoms with Crippen molar-refractivity contribution in [3.8, 4) is 11.7 Å². The maximum atomic E-state index is 10.6. The number of aromatic carboxylic acids is 1. The number of furan rings is 1. The lowest BCUT2D eigenvalue weighted by atomic mass is 10.2. The second-order valence-electron chi connectivity index (χ2n) is 3.44. The summed E-state index contributed by atoms with van der Waals surface area (Å²) in [5, 5.41) is 9.32. The van der Waals surface area contributed by atoms with Crippen molar-refractivity contribution in [1.29, 1.82) is 0 Å². The third-order valence-corrected chi connectivity index (χ3v) is 2.56. The summed E-state index contributed by atoms with van der Waals surface area (Å²) in [6.07, 6.45) is 0. The Kier molecular flexibility index (Phi) is 3.06. The van der Waals surface area contributed by atoms with Crippen molar-refractivity contribution in [2.45, 2.75) is 6.92 Å². The largest absolute Gasteiger partial charge is 0.475 e. The minimum atomic E-state index is -1.13. The molecule has 0 atom stereocenters. The lowest BCUT2D eigenvalue weighted by molar-refractivity contribution is 0.0657. The Morgan fingerprint density at radius 2 is 2.12 bits per heavy atom. The van der Waals surface area contributed by atoms with Crippen LogP contribution in [0, 0.1) is 6.92 Å². The van der Waals surface area contributed by atoms with Crippen LogP contribution in [0.2, 0.25) is 5.02 Å². The van der Waals surface area contributed by atoms with Crippen LogP contribution in [0.5, 0.6) is 11.7 Å². The van der Waals surface area contributed by atoms with Gasteiger partial charge in [-0.3, -0.25) is 0 Å². The Morgan fingerprint density at radius 3 is 2.71 bits per heavy atom. The van der Waals surface area contributed by atoms with Gasteiger partial charge in [-0.25, -0.2) is 4.79 Å². The van der Waals surface area contributed by atoms with Crippen molar-refractivity contribution in [1.82, 2.24) is 0 Å². The first-order chi connectivity index (χ1) is 8.06. The second-order valence-corrected chi connectivity index (χ2v) is 3.84. The summed E-state index contributed by atoms with van der Waals surface area (Å²) >= 11 is 5.87. The molecule has 0 fully saturated rings. The molecule has 0 saturated carbocycles. The van der Waals surface area contributed by atoms with Gasteiger partial charge in [-0.1, -0.05) is 11.6 Å². The number of halogens is 1. The summed E-state index contributed by atoms with van der Waals surface area (Å²) in [6.45, 7) is 1.85. The fraction of sp³-hybridized carbons (Fsp3) is 0.0833. The van der Waals surface area contributed by atoms with Crippen LogP contribution in [-0.2, 0) is 0 Å². The molecule has 0 aliphatic rings. The molecule has 0 radical (unpaired) electrons. The molecule has 5 heteroatoms. The SMILES string of the molecule is Cc1cc(Oc2ccc(C(=O)O)o2)ccc1Cl. The van der Waals surface area contributed by atoms with E-state index in [0.717, 1.165) is 5.56 Å². The molecule has 0 bridgehead atoms. The van der Waals surface area contributed by atoms with Crippen LogP contribution in [-0.4, -0.2) is 11.1 Å². The van der Waals surface area contributed by atoms with Crippen LogP contribution in [0.1, 0.15) is 16.1 Å². The van der Waals surface area contributed by atoms with E-state index in [4.69, 9.17) is 25.9 Å². The molecule has 4 nitrogen and oxygen atoms in total. The molecular formula is C12H9ClO4. The number of rotatable bonds is 3. The van der Waals surface area contributed by atoms with Crippen molar-refractivity contribution in [2.24, 2.45) is 0 Å². The van der Waals surface area contributed by atoms with Gasteiger partial charge >= 0.3 is 5.97 Å². The second kappa shape index (κ2) is 4.51. The summed E-state index contributed by atoms with van der Waals surface area (Å²) in [5.74, 6) is -0.625. The summed E-state index contributed by atoms with van der Waals surface area (Å²) in [7, 11) is 0. The van der Waals surface area contributed by atoms with E-state index in [2.05, 4.69) is 0 Å². The molecule has 0 spiro atoms. The smallest absolute Gasteiger partial charge is 0.371 e. The fourth-order valence-corrected chi connectivity index (χ4v) is 1.40. The van der Waals surface area contributed by atoms with Crippen LogP contribution in [0.3, 0.4) is 0 Å². The molecule has 1 N–H and O–H groups in total. The molecule has 17 heavy (non-hydrogen) atoms. The maximum Gasteiger partial charge on any atom is 0.371 e. The average Bonchev–Trinajstić information content (AvgIpc) is 2.72. The number of ether oxygens (including phenoxy) is 1. The number of carbonyl (C=O) groups is 1. The van der Waals surface area contributed by atoms with E-state index in [0.29, 0.717) is 10.8 Å². The highest BCUT2D eigenvalue weighted by Gasteiger charge is 2.10. The van der Waals surface area contributed by atoms with Crippen molar-refractivity contribution in [3.05, 3.63) is 46.7 Å². The third-order valence-electron chi connectivity index (χ3n) is 2.14. The Morgan fingerprint density at radius 1 is 1.35 bits per heavy atom. The normalized spacial score (nSPS) is 10.2. The van der Waals surface area contributed by atoms with Crippen LogP contribution < -0.4 is 4.74 Å². The number of aryl methyl sites for hydroxylation is 1. The molecule has 1 aromatic heterocycles. The minimum absolute atomic E-state index is 0.129. The van der Waals surface area contributed by atoms with Gasteiger partial charge in [0.15, 0.2) is 0 Å². The molecule has 1 heterocycles. The average molecular weight is 253 g/mol. The van der Waals surface area contributed by atoms with Gasteiger partial charge < -0.3 is 14.3 Å². The first-order valence-corrected chi connectivity index (χ1v) is 5.21. The van der Waals surface area contributed by atoms with Crippen LogP contribution in [0.4, 0.5) is 0 Å². The highest BCUT2D eigenvalue weighted by atomic mass is 35.5. The van der Waals surface area contributed by atoms with Gasteiger partial charge in [0.1, 0.15) is 5.75 Å².